The summed E-state index contributed by atoms with van der Waals surface area (Å²) >= 11 is 0. The zero-order valence-corrected chi connectivity index (χ0v) is 35.5. The van der Waals surface area contributed by atoms with Gasteiger partial charge in [0.15, 0.2) is 18.4 Å². The largest absolute Gasteiger partial charge is 0.463 e. The maximum atomic E-state index is 13.3. The molecule has 1 aliphatic heterocycles. The van der Waals surface area contributed by atoms with Crippen LogP contribution in [0.2, 0.25) is 0 Å². The van der Waals surface area contributed by atoms with Crippen molar-refractivity contribution >= 4 is 17.9 Å². The van der Waals surface area contributed by atoms with Gasteiger partial charge >= 0.3 is 23.6 Å². The third-order valence-corrected chi connectivity index (χ3v) is 10.8. The first kappa shape index (κ1) is 49.2. The van der Waals surface area contributed by atoms with Crippen LogP contribution < -0.4 is 11.2 Å². The summed E-state index contributed by atoms with van der Waals surface area (Å²) in [6.07, 6.45) is 27.3. The van der Waals surface area contributed by atoms with Crippen molar-refractivity contribution in [3.8, 4) is 0 Å². The van der Waals surface area contributed by atoms with Crippen LogP contribution in [0, 0.1) is 0 Å². The molecule has 322 valence electrons. The van der Waals surface area contributed by atoms with Gasteiger partial charge in [0.25, 0.3) is 5.56 Å². The quantitative estimate of drug-likeness (QED) is 0.0404. The van der Waals surface area contributed by atoms with Crippen molar-refractivity contribution in [3.63, 3.8) is 0 Å². The smallest absolute Gasteiger partial charge is 0.330 e. The van der Waals surface area contributed by atoms with E-state index < -0.39 is 47.7 Å². The molecule has 0 amide bonds. The van der Waals surface area contributed by atoms with Gasteiger partial charge in [-0.25, -0.2) is 4.79 Å². The van der Waals surface area contributed by atoms with Crippen molar-refractivity contribution in [2.75, 3.05) is 6.61 Å². The average Bonchev–Trinajstić information content (AvgIpc) is 3.50. The Balaban J connectivity index is 2.06. The number of esters is 3. The lowest BCUT2D eigenvalue weighted by molar-refractivity contribution is -0.169. The van der Waals surface area contributed by atoms with Crippen LogP contribution in [0.15, 0.2) is 21.9 Å². The lowest BCUT2D eigenvalue weighted by Crippen LogP contribution is -2.43. The Morgan fingerprint density at radius 2 is 0.929 bits per heavy atom. The highest BCUT2D eigenvalue weighted by atomic mass is 16.7. The molecule has 11 heteroatoms. The van der Waals surface area contributed by atoms with Gasteiger partial charge < -0.3 is 18.9 Å². The zero-order chi connectivity index (χ0) is 40.6. The van der Waals surface area contributed by atoms with Gasteiger partial charge in [0.2, 0.25) is 0 Å². The Labute approximate surface area is 337 Å². The average molecular weight is 791 g/mol. The fourth-order valence-electron chi connectivity index (χ4n) is 7.37. The van der Waals surface area contributed by atoms with Gasteiger partial charge in [-0.3, -0.25) is 28.7 Å². The van der Waals surface area contributed by atoms with Gasteiger partial charge in [0, 0.05) is 31.5 Å². The van der Waals surface area contributed by atoms with E-state index in [1.54, 1.807) is 0 Å². The van der Waals surface area contributed by atoms with E-state index in [0.717, 1.165) is 62.4 Å². The summed E-state index contributed by atoms with van der Waals surface area (Å²) < 4.78 is 25.0. The fourth-order valence-corrected chi connectivity index (χ4v) is 7.37. The van der Waals surface area contributed by atoms with Crippen LogP contribution in [0.25, 0.3) is 0 Å². The number of hydrogen-bond donors (Lipinski definition) is 1. The molecule has 0 spiro atoms. The fraction of sp³-hybridized carbons (Fsp3) is 0.844. The predicted octanol–water partition coefficient (Wildman–Crippen LogP) is 10.6. The molecule has 0 aliphatic carbocycles. The molecule has 1 aliphatic rings. The minimum absolute atomic E-state index is 0.164. The molecule has 2 rings (SSSR count). The van der Waals surface area contributed by atoms with Crippen molar-refractivity contribution < 1.29 is 33.3 Å². The van der Waals surface area contributed by atoms with Crippen LogP contribution in [-0.2, 0) is 33.3 Å². The van der Waals surface area contributed by atoms with E-state index in [-0.39, 0.29) is 31.8 Å². The molecule has 1 saturated heterocycles. The number of nitrogens with one attached hydrogen (secondary N) is 1. The minimum atomic E-state index is -1.21. The monoisotopic (exact) mass is 791 g/mol. The van der Waals surface area contributed by atoms with Crippen LogP contribution in [0.5, 0.6) is 0 Å². The third kappa shape index (κ3) is 22.1. The van der Waals surface area contributed by atoms with E-state index >= 15 is 0 Å². The number of ether oxygens (including phenoxy) is 4. The topological polar surface area (TPSA) is 143 Å². The molecule has 0 radical (unpaired) electrons. The number of carbonyl (C=O) groups is 3. The molecule has 4 atom stereocenters. The standard InChI is InChI=1S/C45H78N2O9/c1-4-7-10-13-16-19-22-25-28-31-39(49)53-36-37-42(55-40(50)32-29-26-23-20-17-14-11-8-5-2)43(44(54-37)47-35-34-38(48)46-45(47)52)56-41(51)33-30-27-24-21-18-15-12-9-6-3/h34-35,37,42-44H,4-33,36H2,1-3H3,(H,46,48,52)/t37-,42-,43-,44-/m1/s1. The normalized spacial score (nSPS) is 17.9. The predicted molar refractivity (Wildman–Crippen MR) is 221 cm³/mol. The van der Waals surface area contributed by atoms with Crippen molar-refractivity contribution in [1.82, 2.24) is 9.55 Å². The first-order valence-corrected chi connectivity index (χ1v) is 22.8. The molecule has 2 heterocycles. The third-order valence-electron chi connectivity index (χ3n) is 10.8. The Morgan fingerprint density at radius 3 is 1.34 bits per heavy atom. The van der Waals surface area contributed by atoms with Crippen LogP contribution in [0.3, 0.4) is 0 Å². The second-order valence-electron chi connectivity index (χ2n) is 15.9. The summed E-state index contributed by atoms with van der Waals surface area (Å²) in [6.45, 7) is 6.38. The second-order valence-corrected chi connectivity index (χ2v) is 15.9. The van der Waals surface area contributed by atoms with E-state index in [2.05, 4.69) is 25.8 Å². The Morgan fingerprint density at radius 1 is 0.554 bits per heavy atom. The minimum Gasteiger partial charge on any atom is -0.463 e. The van der Waals surface area contributed by atoms with Gasteiger partial charge in [-0.15, -0.1) is 0 Å². The summed E-state index contributed by atoms with van der Waals surface area (Å²) in [7, 11) is 0. The highest BCUT2D eigenvalue weighted by Crippen LogP contribution is 2.34. The first-order chi connectivity index (χ1) is 27.3. The maximum absolute atomic E-state index is 13.3. The molecule has 56 heavy (non-hydrogen) atoms. The molecule has 1 aromatic heterocycles. The number of hydrogen-bond acceptors (Lipinski definition) is 9. The maximum Gasteiger partial charge on any atom is 0.330 e. The molecular formula is C45H78N2O9. The first-order valence-electron chi connectivity index (χ1n) is 22.8. The van der Waals surface area contributed by atoms with E-state index in [1.807, 2.05) is 0 Å². The van der Waals surface area contributed by atoms with E-state index in [9.17, 15) is 24.0 Å². The molecular weight excluding hydrogens is 712 g/mol. The summed E-state index contributed by atoms with van der Waals surface area (Å²) in [4.78, 5) is 66.5. The van der Waals surface area contributed by atoms with Crippen LogP contribution in [0.1, 0.15) is 220 Å². The van der Waals surface area contributed by atoms with Gasteiger partial charge in [-0.1, -0.05) is 175 Å². The lowest BCUT2D eigenvalue weighted by atomic mass is 10.1. The van der Waals surface area contributed by atoms with Crippen LogP contribution in [0.4, 0.5) is 0 Å². The second kappa shape index (κ2) is 32.1. The summed E-state index contributed by atoms with van der Waals surface area (Å²) in [5, 5.41) is 0. The van der Waals surface area contributed by atoms with Crippen LogP contribution >= 0.6 is 0 Å². The summed E-state index contributed by atoms with van der Waals surface area (Å²) in [5.41, 5.74) is -1.35. The Bertz CT molecular complexity index is 1290. The number of aromatic nitrogens is 2. The van der Waals surface area contributed by atoms with Crippen molar-refractivity contribution in [2.45, 2.75) is 238 Å². The molecule has 0 saturated carbocycles. The van der Waals surface area contributed by atoms with Crippen molar-refractivity contribution in [3.05, 3.63) is 33.1 Å². The number of H-pyrrole nitrogens is 1. The van der Waals surface area contributed by atoms with Gasteiger partial charge in [0.05, 0.1) is 0 Å². The number of rotatable bonds is 35. The summed E-state index contributed by atoms with van der Waals surface area (Å²) in [5.74, 6) is -1.35. The molecule has 1 N–H and O–H groups in total. The SMILES string of the molecule is CCCCCCCCCCCC(=O)OC[C@H]1O[C@@H](n2ccc(=O)[nH]c2=O)[C@H](OC(=O)CCCCCCCCCCC)[C@@H]1OC(=O)CCCCCCCCCCC. The molecule has 0 unspecified atom stereocenters. The van der Waals surface area contributed by atoms with Gasteiger partial charge in [0.1, 0.15) is 12.7 Å². The number of unbranched alkanes of at least 4 members (excludes halogenated alkanes) is 24. The molecule has 1 aromatic rings. The molecule has 11 nitrogen and oxygen atoms in total. The zero-order valence-electron chi connectivity index (χ0n) is 35.5. The van der Waals surface area contributed by atoms with E-state index in [1.165, 1.54) is 109 Å². The van der Waals surface area contributed by atoms with Crippen molar-refractivity contribution in [1.29, 1.82) is 0 Å². The van der Waals surface area contributed by atoms with Crippen LogP contribution in [-0.4, -0.2) is 52.4 Å². The number of nitrogens with zero attached hydrogens (tertiary/aromatic N) is 1. The Hall–Kier alpha value is -2.95. The summed E-state index contributed by atoms with van der Waals surface area (Å²) in [6, 6.07) is 1.18. The molecule has 1 fully saturated rings. The Kier molecular flexibility index (Phi) is 28.2. The molecule has 0 aromatic carbocycles. The highest BCUT2D eigenvalue weighted by Gasteiger charge is 2.51. The van der Waals surface area contributed by atoms with Gasteiger partial charge in [-0.05, 0) is 19.3 Å². The van der Waals surface area contributed by atoms with Gasteiger partial charge in [-0.2, -0.15) is 0 Å². The number of carbonyl (C=O) groups excluding carboxylic acids is 3. The van der Waals surface area contributed by atoms with E-state index in [4.69, 9.17) is 18.9 Å². The number of aromatic amines is 1. The highest BCUT2D eigenvalue weighted by molar-refractivity contribution is 5.71. The molecule has 0 bridgehead atoms. The lowest BCUT2D eigenvalue weighted by Gasteiger charge is -2.25. The van der Waals surface area contributed by atoms with Crippen molar-refractivity contribution in [2.24, 2.45) is 0 Å². The van der Waals surface area contributed by atoms with E-state index in [0.29, 0.717) is 19.3 Å².